The second-order valence-electron chi connectivity index (χ2n) is 2.95. The molecule has 0 saturated carbocycles. The summed E-state index contributed by atoms with van der Waals surface area (Å²) in [5, 5.41) is 9.81. The van der Waals surface area contributed by atoms with Crippen LogP contribution in [0.2, 0.25) is 0 Å². The maximum Gasteiger partial charge on any atom is 0.123 e. The molecule has 1 aromatic rings. The molecule has 0 fully saturated rings. The van der Waals surface area contributed by atoms with Gasteiger partial charge in [0.05, 0.1) is 0 Å². The number of hydrogen-bond acceptors (Lipinski definition) is 3. The highest BCUT2D eigenvalue weighted by molar-refractivity contribution is 5.24. The Morgan fingerprint density at radius 3 is 2.38 bits per heavy atom. The minimum absolute atomic E-state index is 0.0209. The Kier molecular flexibility index (Phi) is 2.98. The van der Waals surface area contributed by atoms with Gasteiger partial charge in [-0.1, -0.05) is 12.1 Å². The lowest BCUT2D eigenvalue weighted by atomic mass is 9.94. The first-order chi connectivity index (χ1) is 6.12. The van der Waals surface area contributed by atoms with E-state index in [0.717, 1.165) is 0 Å². The second kappa shape index (κ2) is 3.83. The SMILES string of the molecule is NCC(O)(CN)c1cccc(F)c1. The van der Waals surface area contributed by atoms with Gasteiger partial charge in [-0.2, -0.15) is 0 Å². The summed E-state index contributed by atoms with van der Waals surface area (Å²) in [5.41, 5.74) is 9.79. The van der Waals surface area contributed by atoms with Crippen LogP contribution in [0.4, 0.5) is 4.39 Å². The van der Waals surface area contributed by atoms with Gasteiger partial charge >= 0.3 is 0 Å². The van der Waals surface area contributed by atoms with Crippen molar-refractivity contribution in [1.29, 1.82) is 0 Å². The third kappa shape index (κ3) is 2.03. The average Bonchev–Trinajstić information content (AvgIpc) is 2.17. The fourth-order valence-electron chi connectivity index (χ4n) is 1.10. The summed E-state index contributed by atoms with van der Waals surface area (Å²) in [6.45, 7) is -0.0418. The summed E-state index contributed by atoms with van der Waals surface area (Å²) in [5.74, 6) is -0.405. The summed E-state index contributed by atoms with van der Waals surface area (Å²) in [4.78, 5) is 0. The van der Waals surface area contributed by atoms with E-state index in [1.165, 1.54) is 18.2 Å². The third-order valence-corrected chi connectivity index (χ3v) is 2.04. The molecule has 0 saturated heterocycles. The molecule has 72 valence electrons. The number of aliphatic hydroxyl groups is 1. The fourth-order valence-corrected chi connectivity index (χ4v) is 1.10. The van der Waals surface area contributed by atoms with Crippen LogP contribution < -0.4 is 11.5 Å². The van der Waals surface area contributed by atoms with Gasteiger partial charge in [0.2, 0.25) is 0 Å². The predicted octanol–water partition coefficient (Wildman–Crippen LogP) is -0.0693. The molecule has 4 heteroatoms. The summed E-state index contributed by atoms with van der Waals surface area (Å²) in [6, 6.07) is 5.65. The normalized spacial score (nSPS) is 11.7. The first-order valence-electron chi connectivity index (χ1n) is 4.01. The first kappa shape index (κ1) is 10.1. The van der Waals surface area contributed by atoms with Crippen molar-refractivity contribution >= 4 is 0 Å². The zero-order chi connectivity index (χ0) is 9.90. The van der Waals surface area contributed by atoms with Crippen LogP contribution in [-0.4, -0.2) is 18.2 Å². The number of rotatable bonds is 3. The molecule has 0 atom stereocenters. The highest BCUT2D eigenvalue weighted by Crippen LogP contribution is 2.18. The van der Waals surface area contributed by atoms with Crippen LogP contribution >= 0.6 is 0 Å². The van der Waals surface area contributed by atoms with E-state index in [1.54, 1.807) is 6.07 Å². The largest absolute Gasteiger partial charge is 0.382 e. The molecule has 5 N–H and O–H groups in total. The molecule has 0 aliphatic heterocycles. The molecule has 0 unspecified atom stereocenters. The molecular formula is C9H13FN2O. The van der Waals surface area contributed by atoms with E-state index in [-0.39, 0.29) is 13.1 Å². The molecule has 0 heterocycles. The van der Waals surface area contributed by atoms with Crippen molar-refractivity contribution in [2.45, 2.75) is 5.60 Å². The molecule has 0 bridgehead atoms. The molecule has 13 heavy (non-hydrogen) atoms. The quantitative estimate of drug-likeness (QED) is 0.615. The number of benzene rings is 1. The summed E-state index contributed by atoms with van der Waals surface area (Å²) in [7, 11) is 0. The van der Waals surface area contributed by atoms with Crippen molar-refractivity contribution in [2.75, 3.05) is 13.1 Å². The van der Waals surface area contributed by atoms with Gasteiger partial charge in [-0.15, -0.1) is 0 Å². The number of hydrogen-bond donors (Lipinski definition) is 3. The maximum atomic E-state index is 12.8. The minimum Gasteiger partial charge on any atom is -0.382 e. The van der Waals surface area contributed by atoms with E-state index < -0.39 is 11.4 Å². The molecular weight excluding hydrogens is 171 g/mol. The lowest BCUT2D eigenvalue weighted by Crippen LogP contribution is -2.42. The van der Waals surface area contributed by atoms with Gasteiger partial charge in [0.1, 0.15) is 11.4 Å². The average molecular weight is 184 g/mol. The first-order valence-corrected chi connectivity index (χ1v) is 4.01. The summed E-state index contributed by atoms with van der Waals surface area (Å²) >= 11 is 0. The lowest BCUT2D eigenvalue weighted by Gasteiger charge is -2.24. The lowest BCUT2D eigenvalue weighted by molar-refractivity contribution is 0.0551. The van der Waals surface area contributed by atoms with Gasteiger partial charge in [0.15, 0.2) is 0 Å². The standard InChI is InChI=1S/C9H13FN2O/c10-8-3-1-2-7(4-8)9(13,5-11)6-12/h1-4,13H,5-6,11-12H2. The van der Waals surface area contributed by atoms with Crippen LogP contribution in [0.5, 0.6) is 0 Å². The van der Waals surface area contributed by atoms with E-state index in [4.69, 9.17) is 11.5 Å². The Hall–Kier alpha value is -0.970. The zero-order valence-electron chi connectivity index (χ0n) is 7.20. The monoisotopic (exact) mass is 184 g/mol. The van der Waals surface area contributed by atoms with Crippen LogP contribution in [0, 0.1) is 5.82 Å². The Morgan fingerprint density at radius 1 is 1.31 bits per heavy atom. The van der Waals surface area contributed by atoms with E-state index in [0.29, 0.717) is 5.56 Å². The summed E-state index contributed by atoms with van der Waals surface area (Å²) < 4.78 is 12.8. The molecule has 0 aliphatic carbocycles. The van der Waals surface area contributed by atoms with E-state index in [9.17, 15) is 9.50 Å². The fraction of sp³-hybridized carbons (Fsp3) is 0.333. The van der Waals surface area contributed by atoms with E-state index in [2.05, 4.69) is 0 Å². The van der Waals surface area contributed by atoms with Gasteiger partial charge in [0, 0.05) is 13.1 Å². The Morgan fingerprint density at radius 2 is 1.92 bits per heavy atom. The molecule has 0 aromatic heterocycles. The van der Waals surface area contributed by atoms with Crippen LogP contribution in [0.15, 0.2) is 24.3 Å². The van der Waals surface area contributed by atoms with Crippen molar-refractivity contribution in [3.8, 4) is 0 Å². The van der Waals surface area contributed by atoms with Crippen molar-refractivity contribution in [2.24, 2.45) is 11.5 Å². The van der Waals surface area contributed by atoms with Crippen LogP contribution in [0.3, 0.4) is 0 Å². The highest BCUT2D eigenvalue weighted by Gasteiger charge is 2.25. The zero-order valence-corrected chi connectivity index (χ0v) is 7.20. The van der Waals surface area contributed by atoms with Crippen LogP contribution in [-0.2, 0) is 5.60 Å². The maximum absolute atomic E-state index is 12.8. The van der Waals surface area contributed by atoms with E-state index >= 15 is 0 Å². The van der Waals surface area contributed by atoms with Crippen molar-refractivity contribution < 1.29 is 9.50 Å². The Bertz CT molecular complexity index is 287. The second-order valence-corrected chi connectivity index (χ2v) is 2.95. The predicted molar refractivity (Wildman–Crippen MR) is 48.4 cm³/mol. The summed E-state index contributed by atoms with van der Waals surface area (Å²) in [6.07, 6.45) is 0. The molecule has 0 amide bonds. The number of halogens is 1. The van der Waals surface area contributed by atoms with Gasteiger partial charge in [-0.05, 0) is 17.7 Å². The minimum atomic E-state index is -1.32. The van der Waals surface area contributed by atoms with Gasteiger partial charge in [0.25, 0.3) is 0 Å². The van der Waals surface area contributed by atoms with Crippen LogP contribution in [0.1, 0.15) is 5.56 Å². The molecule has 0 radical (unpaired) electrons. The van der Waals surface area contributed by atoms with Crippen molar-refractivity contribution in [3.05, 3.63) is 35.6 Å². The third-order valence-electron chi connectivity index (χ3n) is 2.04. The molecule has 0 spiro atoms. The number of nitrogens with two attached hydrogens (primary N) is 2. The van der Waals surface area contributed by atoms with Gasteiger partial charge in [-0.25, -0.2) is 4.39 Å². The van der Waals surface area contributed by atoms with Crippen molar-refractivity contribution in [3.63, 3.8) is 0 Å². The molecule has 0 aliphatic rings. The smallest absolute Gasteiger partial charge is 0.123 e. The topological polar surface area (TPSA) is 72.3 Å². The van der Waals surface area contributed by atoms with Crippen LogP contribution in [0.25, 0.3) is 0 Å². The van der Waals surface area contributed by atoms with Gasteiger partial charge < -0.3 is 16.6 Å². The Balaban J connectivity index is 3.05. The van der Waals surface area contributed by atoms with Crippen molar-refractivity contribution in [1.82, 2.24) is 0 Å². The molecule has 3 nitrogen and oxygen atoms in total. The highest BCUT2D eigenvalue weighted by atomic mass is 19.1. The Labute approximate surface area is 76.2 Å². The van der Waals surface area contributed by atoms with Gasteiger partial charge in [-0.3, -0.25) is 0 Å². The molecule has 1 aromatic carbocycles. The molecule has 1 rings (SSSR count). The van der Waals surface area contributed by atoms with E-state index in [1.807, 2.05) is 0 Å².